The number of ether oxygens (including phenoxy) is 8. The van der Waals surface area contributed by atoms with Gasteiger partial charge in [-0.15, -0.1) is 11.3 Å². The number of para-hydroxylation sites is 1. The standard InChI is InChI=1S/C78H75Cl2FN4O13S2Si/c1-10-92-76(86)68(44-52-41-61(98-101(8,9)77(2,3)4)37-38-66(52)93-45-58-39-40-82-73(85-58)63-23-17-18-24-67(63)91-7)97-74-70-69(72(99-75(70)84-49-83-74)51-25-31-57(81)32-26-51)53-42-64(79)71(65(80)43-53)96-62(47-95-100(87,88)48-50-19-13-11-14-20-50)46-94-78(54-21-15-12-16-22-54,55-27-33-59(89-5)34-28-55)56-29-35-60(90-6)36-30-56/h11-43,49,62,68H,10,44-48H2,1-9H3/t62-,68-/m1/s1. The van der Waals surface area contributed by atoms with Gasteiger partial charge in [-0.1, -0.05) is 153 Å². The summed E-state index contributed by atoms with van der Waals surface area (Å²) < 4.78 is 106. The largest absolute Gasteiger partial charge is 0.543 e. The summed E-state index contributed by atoms with van der Waals surface area (Å²) in [6, 6.07) is 57.0. The van der Waals surface area contributed by atoms with E-state index in [-0.39, 0.29) is 53.0 Å². The molecule has 8 aromatic carbocycles. The smallest absolute Gasteiger partial charge is 0.347 e. The van der Waals surface area contributed by atoms with Gasteiger partial charge >= 0.3 is 5.97 Å². The van der Waals surface area contributed by atoms with Crippen LogP contribution in [0.1, 0.15) is 61.2 Å². The van der Waals surface area contributed by atoms with Gasteiger partial charge in [-0.25, -0.2) is 29.1 Å². The van der Waals surface area contributed by atoms with Gasteiger partial charge < -0.3 is 42.3 Å². The van der Waals surface area contributed by atoms with Gasteiger partial charge in [-0.3, -0.25) is 4.18 Å². The SMILES string of the molecule is CCOC(=O)[C@@H](Cc1cc(O[Si](C)(C)C(C)(C)C)ccc1OCc1ccnc(-c2ccccc2OC)n1)Oc1ncnc2sc(-c3ccc(F)cc3)c(-c3cc(Cl)c(O[C@H](COC(c4ccccc4)(c4ccc(OC)cc4)c4ccc(OC)cc4)COS(=O)(=O)Cc4ccccc4)c(Cl)c3)c12. The predicted molar refractivity (Wildman–Crippen MR) is 393 cm³/mol. The van der Waals surface area contributed by atoms with E-state index >= 15 is 0 Å². The van der Waals surface area contributed by atoms with Crippen molar-refractivity contribution in [2.75, 3.05) is 41.2 Å². The zero-order chi connectivity index (χ0) is 71.5. The summed E-state index contributed by atoms with van der Waals surface area (Å²) >= 11 is 16.2. The minimum atomic E-state index is -4.26. The quantitative estimate of drug-likeness (QED) is 0.0178. The molecule has 3 heterocycles. The number of carbonyl (C=O) groups excluding carboxylic acids is 1. The van der Waals surface area contributed by atoms with Crippen molar-refractivity contribution in [3.8, 4) is 73.3 Å². The van der Waals surface area contributed by atoms with Crippen LogP contribution >= 0.6 is 34.5 Å². The van der Waals surface area contributed by atoms with E-state index in [4.69, 9.17) is 84.7 Å². The number of methoxy groups -OCH3 is 3. The van der Waals surface area contributed by atoms with E-state index in [1.165, 1.54) is 29.8 Å². The second-order valence-electron chi connectivity index (χ2n) is 25.0. The van der Waals surface area contributed by atoms with Crippen molar-refractivity contribution in [1.29, 1.82) is 0 Å². The Kier molecular flexibility index (Phi) is 23.1. The van der Waals surface area contributed by atoms with E-state index in [0.717, 1.165) is 5.56 Å². The van der Waals surface area contributed by atoms with Gasteiger partial charge in [0.2, 0.25) is 20.3 Å². The van der Waals surface area contributed by atoms with Gasteiger partial charge in [-0.05, 0) is 143 Å². The van der Waals surface area contributed by atoms with Crippen LogP contribution in [0.25, 0.3) is 43.2 Å². The average Bonchev–Trinajstić information content (AvgIpc) is 1.75. The topological polar surface area (TPSA) is 195 Å². The van der Waals surface area contributed by atoms with Crippen molar-refractivity contribution in [1.82, 2.24) is 19.9 Å². The summed E-state index contributed by atoms with van der Waals surface area (Å²) in [5.41, 5.74) is 4.52. The molecule has 0 saturated carbocycles. The van der Waals surface area contributed by atoms with Crippen LogP contribution in [-0.4, -0.2) is 96.0 Å². The Balaban J connectivity index is 0.985. The number of rotatable bonds is 30. The zero-order valence-corrected chi connectivity index (χ0v) is 61.2. The molecule has 0 unspecified atom stereocenters. The van der Waals surface area contributed by atoms with Crippen molar-refractivity contribution in [2.24, 2.45) is 0 Å². The molecule has 0 bridgehead atoms. The lowest BCUT2D eigenvalue weighted by Gasteiger charge is -2.37. The van der Waals surface area contributed by atoms with Gasteiger partial charge in [0, 0.05) is 28.6 Å². The Labute approximate surface area is 602 Å². The van der Waals surface area contributed by atoms with Crippen LogP contribution in [0, 0.1) is 5.82 Å². The van der Waals surface area contributed by atoms with E-state index in [0.29, 0.717) is 99.9 Å². The molecule has 0 radical (unpaired) electrons. The number of nitrogens with zero attached hydrogens (tertiary/aromatic N) is 4. The first-order valence-electron chi connectivity index (χ1n) is 32.4. The van der Waals surface area contributed by atoms with Crippen LogP contribution in [0.3, 0.4) is 0 Å². The second kappa shape index (κ2) is 32.0. The van der Waals surface area contributed by atoms with E-state index in [1.54, 1.807) is 101 Å². The highest BCUT2D eigenvalue weighted by Crippen LogP contribution is 2.51. The van der Waals surface area contributed by atoms with Gasteiger partial charge in [0.25, 0.3) is 10.1 Å². The highest BCUT2D eigenvalue weighted by molar-refractivity contribution is 7.85. The molecule has 2 atom stereocenters. The number of fused-ring (bicyclic) bond motifs is 1. The number of thiophene rings is 1. The number of aromatic nitrogens is 4. The van der Waals surface area contributed by atoms with E-state index in [1.807, 2.05) is 115 Å². The summed E-state index contributed by atoms with van der Waals surface area (Å²) in [4.78, 5) is 34.4. The van der Waals surface area contributed by atoms with Crippen molar-refractivity contribution < 1.29 is 64.1 Å². The molecule has 23 heteroatoms. The summed E-state index contributed by atoms with van der Waals surface area (Å²) in [6.07, 6.45) is 0.276. The normalized spacial score (nSPS) is 12.5. The van der Waals surface area contributed by atoms with Crippen LogP contribution in [-0.2, 0) is 53.0 Å². The third kappa shape index (κ3) is 17.1. The second-order valence-corrected chi connectivity index (χ2v) is 33.2. The molecule has 0 aliphatic rings. The average molecular weight is 1460 g/mol. The van der Waals surface area contributed by atoms with Crippen LogP contribution in [0.15, 0.2) is 207 Å². The van der Waals surface area contributed by atoms with Crippen molar-refractivity contribution in [3.63, 3.8) is 0 Å². The summed E-state index contributed by atoms with van der Waals surface area (Å²) in [6.45, 7) is 11.6. The van der Waals surface area contributed by atoms with Crippen LogP contribution in [0.2, 0.25) is 28.2 Å². The first-order chi connectivity index (χ1) is 48.6. The molecular weight excluding hydrogens is 1380 g/mol. The fourth-order valence-corrected chi connectivity index (χ4v) is 15.0. The third-order valence-corrected chi connectivity index (χ3v) is 24.5. The molecule has 0 saturated heterocycles. The van der Waals surface area contributed by atoms with Crippen molar-refractivity contribution >= 4 is 69.2 Å². The maximum absolute atomic E-state index is 14.9. The molecule has 17 nitrogen and oxygen atoms in total. The van der Waals surface area contributed by atoms with E-state index < -0.39 is 60.4 Å². The molecule has 0 aliphatic heterocycles. The Morgan fingerprint density at radius 3 is 1.92 bits per heavy atom. The molecule has 0 amide bonds. The lowest BCUT2D eigenvalue weighted by Crippen LogP contribution is -2.43. The first-order valence-corrected chi connectivity index (χ1v) is 38.5. The molecule has 0 N–H and O–H groups in total. The van der Waals surface area contributed by atoms with E-state index in [2.05, 4.69) is 38.8 Å². The molecule has 0 fully saturated rings. The van der Waals surface area contributed by atoms with Crippen molar-refractivity contribution in [3.05, 3.63) is 256 Å². The van der Waals surface area contributed by atoms with Gasteiger partial charge in [0.05, 0.1) is 61.2 Å². The predicted octanol–water partition coefficient (Wildman–Crippen LogP) is 17.8. The zero-order valence-electron chi connectivity index (χ0n) is 57.1. The monoisotopic (exact) mass is 1460 g/mol. The summed E-state index contributed by atoms with van der Waals surface area (Å²) in [5, 5.41) is 0.168. The highest BCUT2D eigenvalue weighted by atomic mass is 35.5. The number of carbonyl (C=O) groups is 1. The number of esters is 1. The molecule has 101 heavy (non-hydrogen) atoms. The first kappa shape index (κ1) is 72.8. The Morgan fingerprint density at radius 1 is 0.663 bits per heavy atom. The van der Waals surface area contributed by atoms with Crippen LogP contribution in [0.5, 0.6) is 40.4 Å². The molecule has 522 valence electrons. The van der Waals surface area contributed by atoms with Gasteiger partial charge in [0.15, 0.2) is 11.6 Å². The fourth-order valence-electron chi connectivity index (χ4n) is 11.2. The summed E-state index contributed by atoms with van der Waals surface area (Å²) in [5.74, 6) is 1.60. The number of benzene rings is 8. The fraction of sp³-hybridized carbons (Fsp3) is 0.244. The Morgan fingerprint density at radius 2 is 1.29 bits per heavy atom. The Hall–Kier alpha value is -9.45. The number of halogens is 3. The maximum atomic E-state index is 14.9. The van der Waals surface area contributed by atoms with Crippen molar-refractivity contribution in [2.45, 2.75) is 82.4 Å². The molecule has 3 aromatic heterocycles. The lowest BCUT2D eigenvalue weighted by molar-refractivity contribution is -0.151. The molecule has 11 aromatic rings. The summed E-state index contributed by atoms with van der Waals surface area (Å²) in [7, 11) is -1.94. The minimum absolute atomic E-state index is 0.0112. The van der Waals surface area contributed by atoms with Crippen LogP contribution in [0.4, 0.5) is 4.39 Å². The molecule has 0 aliphatic carbocycles. The number of hydrogen-bond donors (Lipinski definition) is 0. The minimum Gasteiger partial charge on any atom is -0.543 e. The highest BCUT2D eigenvalue weighted by Gasteiger charge is 2.41. The lowest BCUT2D eigenvalue weighted by atomic mass is 9.80. The van der Waals surface area contributed by atoms with Gasteiger partial charge in [0.1, 0.15) is 76.4 Å². The van der Waals surface area contributed by atoms with Crippen LogP contribution < -0.4 is 32.8 Å². The van der Waals surface area contributed by atoms with Gasteiger partial charge in [-0.2, -0.15) is 8.42 Å². The Bertz CT molecular complexity index is 4720. The molecule has 11 rings (SSSR count). The molecular formula is C78H75Cl2FN4O13S2Si. The maximum Gasteiger partial charge on any atom is 0.347 e. The molecule has 0 spiro atoms. The third-order valence-electron chi connectivity index (χ3n) is 17.3. The number of hydrogen-bond acceptors (Lipinski definition) is 18. The van der Waals surface area contributed by atoms with E-state index in [9.17, 15) is 17.6 Å².